The lowest BCUT2D eigenvalue weighted by Gasteiger charge is -2.18. The van der Waals surface area contributed by atoms with Gasteiger partial charge in [0.15, 0.2) is 0 Å². The van der Waals surface area contributed by atoms with Crippen molar-refractivity contribution >= 4 is 39.3 Å². The Morgan fingerprint density at radius 2 is 1.77 bits per heavy atom. The highest BCUT2D eigenvalue weighted by atomic mass is 32.2. The van der Waals surface area contributed by atoms with Crippen LogP contribution < -0.4 is 10.6 Å². The van der Waals surface area contributed by atoms with Gasteiger partial charge in [-0.15, -0.1) is 11.8 Å². The molecule has 0 aromatic heterocycles. The van der Waals surface area contributed by atoms with E-state index >= 15 is 0 Å². The molecular formula is C20H25N3O5S2. The number of hydrogen-bond donors (Lipinski definition) is 2. The van der Waals surface area contributed by atoms with Gasteiger partial charge in [-0.3, -0.25) is 9.59 Å². The Labute approximate surface area is 181 Å². The van der Waals surface area contributed by atoms with Crippen molar-refractivity contribution in [1.82, 2.24) is 9.62 Å². The van der Waals surface area contributed by atoms with Gasteiger partial charge in [0.1, 0.15) is 0 Å². The number of methoxy groups -OCH3 is 1. The summed E-state index contributed by atoms with van der Waals surface area (Å²) in [6, 6.07) is 13.0. The van der Waals surface area contributed by atoms with E-state index in [0.717, 1.165) is 9.20 Å². The predicted molar refractivity (Wildman–Crippen MR) is 117 cm³/mol. The summed E-state index contributed by atoms with van der Waals surface area (Å²) in [5, 5.41) is 5.30. The first-order chi connectivity index (χ1) is 14.3. The SMILES string of the molecule is COCCNC(=O)c1ccccc1NC(=O)CN(C)S(=O)(=O)c1ccc(SC)cc1. The highest BCUT2D eigenvalue weighted by Crippen LogP contribution is 2.20. The Bertz CT molecular complexity index is 978. The number of sulfonamides is 1. The lowest BCUT2D eigenvalue weighted by atomic mass is 10.1. The van der Waals surface area contributed by atoms with Crippen molar-refractivity contribution in [3.05, 3.63) is 54.1 Å². The zero-order valence-corrected chi connectivity index (χ0v) is 18.7. The molecule has 0 radical (unpaired) electrons. The Hall–Kier alpha value is -2.40. The quantitative estimate of drug-likeness (QED) is 0.423. The first-order valence-corrected chi connectivity index (χ1v) is 11.7. The van der Waals surface area contributed by atoms with Crippen LogP contribution in [0.1, 0.15) is 10.4 Å². The highest BCUT2D eigenvalue weighted by Gasteiger charge is 2.23. The largest absolute Gasteiger partial charge is 0.383 e. The standard InChI is InChI=1S/C20H25N3O5S2/c1-23(30(26,27)16-10-8-15(29-3)9-11-16)14-19(24)22-18-7-5-4-6-17(18)20(25)21-12-13-28-2/h4-11H,12-14H2,1-3H3,(H,21,25)(H,22,24). The van der Waals surface area contributed by atoms with E-state index in [1.807, 2.05) is 6.26 Å². The third-order valence-electron chi connectivity index (χ3n) is 4.17. The first kappa shape index (κ1) is 23.9. The van der Waals surface area contributed by atoms with Crippen molar-refractivity contribution in [1.29, 1.82) is 0 Å². The Balaban J connectivity index is 2.07. The van der Waals surface area contributed by atoms with Crippen LogP contribution in [-0.4, -0.2) is 64.6 Å². The molecular weight excluding hydrogens is 426 g/mol. The van der Waals surface area contributed by atoms with Crippen LogP contribution >= 0.6 is 11.8 Å². The van der Waals surface area contributed by atoms with E-state index in [1.54, 1.807) is 36.4 Å². The van der Waals surface area contributed by atoms with Crippen LogP contribution in [0.15, 0.2) is 58.3 Å². The molecule has 2 aromatic rings. The molecule has 30 heavy (non-hydrogen) atoms. The topological polar surface area (TPSA) is 105 Å². The number of carbonyl (C=O) groups excluding carboxylic acids is 2. The number of hydrogen-bond acceptors (Lipinski definition) is 6. The van der Waals surface area contributed by atoms with Crippen LogP contribution in [0.4, 0.5) is 5.69 Å². The fourth-order valence-electron chi connectivity index (χ4n) is 2.56. The van der Waals surface area contributed by atoms with Gasteiger partial charge in [0.25, 0.3) is 5.91 Å². The number of benzene rings is 2. The fourth-order valence-corrected chi connectivity index (χ4v) is 4.09. The molecule has 0 fully saturated rings. The number of thioether (sulfide) groups is 1. The number of rotatable bonds is 10. The van der Waals surface area contributed by atoms with Gasteiger partial charge in [-0.2, -0.15) is 4.31 Å². The summed E-state index contributed by atoms with van der Waals surface area (Å²) in [6.07, 6.45) is 1.90. The van der Waals surface area contributed by atoms with E-state index in [0.29, 0.717) is 18.8 Å². The maximum atomic E-state index is 12.7. The molecule has 2 rings (SSSR count). The van der Waals surface area contributed by atoms with Crippen LogP contribution in [-0.2, 0) is 19.6 Å². The normalized spacial score (nSPS) is 11.3. The molecule has 0 saturated heterocycles. The summed E-state index contributed by atoms with van der Waals surface area (Å²) in [5.41, 5.74) is 0.577. The molecule has 0 atom stereocenters. The van der Waals surface area contributed by atoms with Gasteiger partial charge in [-0.05, 0) is 42.7 Å². The molecule has 0 unspecified atom stereocenters. The van der Waals surface area contributed by atoms with E-state index in [2.05, 4.69) is 10.6 Å². The van der Waals surface area contributed by atoms with Crippen LogP contribution in [0.5, 0.6) is 0 Å². The Morgan fingerprint density at radius 3 is 2.40 bits per heavy atom. The number of para-hydroxylation sites is 1. The van der Waals surface area contributed by atoms with Crippen LogP contribution in [0.25, 0.3) is 0 Å². The number of ether oxygens (including phenoxy) is 1. The molecule has 0 heterocycles. The van der Waals surface area contributed by atoms with Crippen molar-refractivity contribution in [3.8, 4) is 0 Å². The molecule has 162 valence electrons. The second kappa shape index (κ2) is 11.1. The van der Waals surface area contributed by atoms with Crippen molar-refractivity contribution in [2.24, 2.45) is 0 Å². The monoisotopic (exact) mass is 451 g/mol. The highest BCUT2D eigenvalue weighted by molar-refractivity contribution is 7.98. The molecule has 0 spiro atoms. The maximum absolute atomic E-state index is 12.7. The Kier molecular flexibility index (Phi) is 8.85. The summed E-state index contributed by atoms with van der Waals surface area (Å²) >= 11 is 1.51. The number of carbonyl (C=O) groups is 2. The number of nitrogens with zero attached hydrogens (tertiary/aromatic N) is 1. The third-order valence-corrected chi connectivity index (χ3v) is 6.73. The van der Waals surface area contributed by atoms with Crippen LogP contribution in [0.3, 0.4) is 0 Å². The van der Waals surface area contributed by atoms with Crippen molar-refractivity contribution in [2.45, 2.75) is 9.79 Å². The minimum Gasteiger partial charge on any atom is -0.383 e. The van der Waals surface area contributed by atoms with Crippen LogP contribution in [0, 0.1) is 0 Å². The summed E-state index contributed by atoms with van der Waals surface area (Å²) in [4.78, 5) is 25.8. The number of nitrogens with one attached hydrogen (secondary N) is 2. The second-order valence-corrected chi connectivity index (χ2v) is 9.20. The Morgan fingerprint density at radius 1 is 1.10 bits per heavy atom. The van der Waals surface area contributed by atoms with Crippen molar-refractivity contribution in [2.75, 3.05) is 45.4 Å². The van der Waals surface area contributed by atoms with Gasteiger partial charge < -0.3 is 15.4 Å². The summed E-state index contributed by atoms with van der Waals surface area (Å²) < 4.78 is 31.3. The molecule has 2 N–H and O–H groups in total. The number of amides is 2. The zero-order chi connectivity index (χ0) is 22.1. The van der Waals surface area contributed by atoms with E-state index in [4.69, 9.17) is 4.74 Å². The molecule has 0 aliphatic rings. The summed E-state index contributed by atoms with van der Waals surface area (Å²) in [7, 11) is -0.959. The molecule has 10 heteroatoms. The van der Waals surface area contributed by atoms with Gasteiger partial charge in [-0.25, -0.2) is 8.42 Å². The average Bonchev–Trinajstić information content (AvgIpc) is 2.74. The van der Waals surface area contributed by atoms with E-state index < -0.39 is 22.5 Å². The molecule has 0 aliphatic carbocycles. The van der Waals surface area contributed by atoms with E-state index in [1.165, 1.54) is 38.1 Å². The fraction of sp³-hybridized carbons (Fsp3) is 0.300. The summed E-state index contributed by atoms with van der Waals surface area (Å²) in [5.74, 6) is -0.920. The molecule has 2 amide bonds. The lowest BCUT2D eigenvalue weighted by molar-refractivity contribution is -0.116. The van der Waals surface area contributed by atoms with Gasteiger partial charge in [-0.1, -0.05) is 12.1 Å². The number of anilines is 1. The molecule has 0 bridgehead atoms. The predicted octanol–water partition coefficient (Wildman–Crippen LogP) is 2.04. The third kappa shape index (κ3) is 6.30. The maximum Gasteiger partial charge on any atom is 0.253 e. The zero-order valence-electron chi connectivity index (χ0n) is 17.0. The van der Waals surface area contributed by atoms with Gasteiger partial charge in [0.05, 0.1) is 29.3 Å². The minimum atomic E-state index is -3.82. The van der Waals surface area contributed by atoms with Gasteiger partial charge >= 0.3 is 0 Å². The first-order valence-electron chi connectivity index (χ1n) is 9.06. The molecule has 8 nitrogen and oxygen atoms in total. The smallest absolute Gasteiger partial charge is 0.253 e. The number of likely N-dealkylation sites (N-methyl/N-ethyl adjacent to an activating group) is 1. The van der Waals surface area contributed by atoms with E-state index in [-0.39, 0.29) is 16.4 Å². The van der Waals surface area contributed by atoms with Gasteiger partial charge in [0.2, 0.25) is 15.9 Å². The molecule has 0 aliphatic heterocycles. The molecule has 2 aromatic carbocycles. The van der Waals surface area contributed by atoms with Crippen molar-refractivity contribution < 1.29 is 22.7 Å². The van der Waals surface area contributed by atoms with E-state index in [9.17, 15) is 18.0 Å². The van der Waals surface area contributed by atoms with Gasteiger partial charge in [0, 0.05) is 25.6 Å². The van der Waals surface area contributed by atoms with Crippen molar-refractivity contribution in [3.63, 3.8) is 0 Å². The molecule has 0 saturated carbocycles. The van der Waals surface area contributed by atoms with Crippen LogP contribution in [0.2, 0.25) is 0 Å². The minimum absolute atomic E-state index is 0.105. The summed E-state index contributed by atoms with van der Waals surface area (Å²) in [6.45, 7) is 0.293. The lowest BCUT2D eigenvalue weighted by Crippen LogP contribution is -2.35. The average molecular weight is 452 g/mol. The second-order valence-electron chi connectivity index (χ2n) is 6.28.